The molecule has 0 radical (unpaired) electrons. The van der Waals surface area contributed by atoms with Crippen LogP contribution in [0, 0.1) is 0 Å². The molecule has 0 spiro atoms. The molecular weight excluding hydrogens is 198 g/mol. The van der Waals surface area contributed by atoms with Crippen LogP contribution >= 0.6 is 0 Å². The summed E-state index contributed by atoms with van der Waals surface area (Å²) in [5, 5.41) is 5.96. The van der Waals surface area contributed by atoms with Crippen LogP contribution in [0.25, 0.3) is 10.8 Å². The molecule has 0 aliphatic carbocycles. The minimum absolute atomic E-state index is 0.194. The van der Waals surface area contributed by atoms with Crippen molar-refractivity contribution in [3.05, 3.63) is 48.0 Å². The second-order valence-corrected chi connectivity index (χ2v) is 4.13. The van der Waals surface area contributed by atoms with Crippen LogP contribution < -0.4 is 5.32 Å². The summed E-state index contributed by atoms with van der Waals surface area (Å²) in [6.45, 7) is 2.67. The molecule has 1 aliphatic heterocycles. The third-order valence-corrected chi connectivity index (χ3v) is 3.10. The van der Waals surface area contributed by atoms with Crippen molar-refractivity contribution in [2.45, 2.75) is 6.10 Å². The summed E-state index contributed by atoms with van der Waals surface area (Å²) < 4.78 is 5.81. The molecule has 0 aromatic heterocycles. The third kappa shape index (κ3) is 1.70. The first kappa shape index (κ1) is 9.82. The van der Waals surface area contributed by atoms with E-state index in [9.17, 15) is 0 Å². The van der Waals surface area contributed by atoms with E-state index in [-0.39, 0.29) is 6.10 Å². The Labute approximate surface area is 95.2 Å². The van der Waals surface area contributed by atoms with Crippen LogP contribution in [0.3, 0.4) is 0 Å². The molecule has 0 bridgehead atoms. The number of morpholine rings is 1. The molecular formula is C14H15NO. The van der Waals surface area contributed by atoms with E-state index in [2.05, 4.69) is 47.8 Å². The van der Waals surface area contributed by atoms with Crippen LogP contribution in [0.5, 0.6) is 0 Å². The Morgan fingerprint density at radius 3 is 2.81 bits per heavy atom. The van der Waals surface area contributed by atoms with E-state index in [0.29, 0.717) is 0 Å². The van der Waals surface area contributed by atoms with Gasteiger partial charge in [-0.15, -0.1) is 0 Å². The van der Waals surface area contributed by atoms with Gasteiger partial charge in [0.25, 0.3) is 0 Å². The van der Waals surface area contributed by atoms with Gasteiger partial charge in [-0.25, -0.2) is 0 Å². The maximum absolute atomic E-state index is 5.81. The maximum atomic E-state index is 5.81. The number of hydrogen-bond donors (Lipinski definition) is 1. The summed E-state index contributed by atoms with van der Waals surface area (Å²) in [6.07, 6.45) is 0.194. The topological polar surface area (TPSA) is 21.3 Å². The van der Waals surface area contributed by atoms with Crippen LogP contribution in [0.1, 0.15) is 11.7 Å². The molecule has 2 heteroatoms. The van der Waals surface area contributed by atoms with E-state index in [1.165, 1.54) is 16.3 Å². The molecule has 2 aromatic carbocycles. The fraction of sp³-hybridized carbons (Fsp3) is 0.286. The SMILES string of the molecule is c1ccc2c(C3CNCCO3)cccc2c1. The van der Waals surface area contributed by atoms with Crippen molar-refractivity contribution in [1.29, 1.82) is 0 Å². The van der Waals surface area contributed by atoms with Gasteiger partial charge in [0.15, 0.2) is 0 Å². The molecule has 1 unspecified atom stereocenters. The summed E-state index contributed by atoms with van der Waals surface area (Å²) in [5.74, 6) is 0. The smallest absolute Gasteiger partial charge is 0.0955 e. The Morgan fingerprint density at radius 1 is 1.06 bits per heavy atom. The van der Waals surface area contributed by atoms with Gasteiger partial charge >= 0.3 is 0 Å². The Kier molecular flexibility index (Phi) is 2.60. The van der Waals surface area contributed by atoms with E-state index in [1.54, 1.807) is 0 Å². The molecule has 1 aliphatic rings. The van der Waals surface area contributed by atoms with Gasteiger partial charge < -0.3 is 10.1 Å². The Bertz CT molecular complexity index is 484. The zero-order chi connectivity index (χ0) is 10.8. The van der Waals surface area contributed by atoms with Crippen LogP contribution in [0.2, 0.25) is 0 Å². The average molecular weight is 213 g/mol. The minimum atomic E-state index is 0.194. The standard InChI is InChI=1S/C14H15NO/c1-2-6-12-11(4-1)5-3-7-13(12)14-10-15-8-9-16-14/h1-7,14-15H,8-10H2. The molecule has 1 N–H and O–H groups in total. The van der Waals surface area contributed by atoms with Gasteiger partial charge in [0.05, 0.1) is 12.7 Å². The number of benzene rings is 2. The Morgan fingerprint density at radius 2 is 1.94 bits per heavy atom. The number of rotatable bonds is 1. The molecule has 1 atom stereocenters. The third-order valence-electron chi connectivity index (χ3n) is 3.10. The van der Waals surface area contributed by atoms with Crippen LogP contribution in [0.4, 0.5) is 0 Å². The van der Waals surface area contributed by atoms with Crippen LogP contribution in [0.15, 0.2) is 42.5 Å². The largest absolute Gasteiger partial charge is 0.371 e. The van der Waals surface area contributed by atoms with Crippen molar-refractivity contribution in [2.75, 3.05) is 19.7 Å². The van der Waals surface area contributed by atoms with E-state index in [1.807, 2.05) is 0 Å². The van der Waals surface area contributed by atoms with E-state index in [0.717, 1.165) is 19.7 Å². The Balaban J connectivity index is 2.08. The number of hydrogen-bond acceptors (Lipinski definition) is 2. The highest BCUT2D eigenvalue weighted by molar-refractivity contribution is 5.86. The van der Waals surface area contributed by atoms with Crippen molar-refractivity contribution in [2.24, 2.45) is 0 Å². The first-order chi connectivity index (χ1) is 7.95. The fourth-order valence-electron chi connectivity index (χ4n) is 2.30. The van der Waals surface area contributed by atoms with Gasteiger partial charge in [0.2, 0.25) is 0 Å². The first-order valence-corrected chi connectivity index (χ1v) is 5.75. The number of ether oxygens (including phenoxy) is 1. The van der Waals surface area contributed by atoms with Gasteiger partial charge in [-0.1, -0.05) is 42.5 Å². The zero-order valence-electron chi connectivity index (χ0n) is 9.15. The predicted molar refractivity (Wildman–Crippen MR) is 65.5 cm³/mol. The second-order valence-electron chi connectivity index (χ2n) is 4.13. The normalized spacial score (nSPS) is 21.1. The van der Waals surface area contributed by atoms with Crippen LogP contribution in [-0.2, 0) is 4.74 Å². The van der Waals surface area contributed by atoms with Gasteiger partial charge in [-0.2, -0.15) is 0 Å². The van der Waals surface area contributed by atoms with Crippen molar-refractivity contribution >= 4 is 10.8 Å². The summed E-state index contributed by atoms with van der Waals surface area (Å²) in [6, 6.07) is 14.9. The lowest BCUT2D eigenvalue weighted by molar-refractivity contribution is 0.0286. The summed E-state index contributed by atoms with van der Waals surface area (Å²) in [5.41, 5.74) is 1.30. The van der Waals surface area contributed by atoms with E-state index >= 15 is 0 Å². The quantitative estimate of drug-likeness (QED) is 0.786. The molecule has 16 heavy (non-hydrogen) atoms. The molecule has 3 rings (SSSR count). The summed E-state index contributed by atoms with van der Waals surface area (Å²) in [7, 11) is 0. The molecule has 82 valence electrons. The lowest BCUT2D eigenvalue weighted by Gasteiger charge is -2.25. The molecule has 0 saturated carbocycles. The predicted octanol–water partition coefficient (Wildman–Crippen LogP) is 2.50. The molecule has 2 nitrogen and oxygen atoms in total. The van der Waals surface area contributed by atoms with Crippen molar-refractivity contribution in [3.8, 4) is 0 Å². The fourth-order valence-corrected chi connectivity index (χ4v) is 2.30. The van der Waals surface area contributed by atoms with Gasteiger partial charge in [0.1, 0.15) is 0 Å². The molecule has 1 saturated heterocycles. The minimum Gasteiger partial charge on any atom is -0.371 e. The zero-order valence-corrected chi connectivity index (χ0v) is 9.15. The molecule has 1 fully saturated rings. The van der Waals surface area contributed by atoms with E-state index in [4.69, 9.17) is 4.74 Å². The average Bonchev–Trinajstić information content (AvgIpc) is 2.39. The molecule has 0 amide bonds. The monoisotopic (exact) mass is 213 g/mol. The summed E-state index contributed by atoms with van der Waals surface area (Å²) >= 11 is 0. The first-order valence-electron chi connectivity index (χ1n) is 5.75. The lowest BCUT2D eigenvalue weighted by atomic mass is 10.00. The summed E-state index contributed by atoms with van der Waals surface area (Å²) in [4.78, 5) is 0. The van der Waals surface area contributed by atoms with Crippen LogP contribution in [-0.4, -0.2) is 19.7 Å². The highest BCUT2D eigenvalue weighted by atomic mass is 16.5. The highest BCUT2D eigenvalue weighted by Crippen LogP contribution is 2.26. The van der Waals surface area contributed by atoms with Crippen molar-refractivity contribution < 1.29 is 4.74 Å². The van der Waals surface area contributed by atoms with E-state index < -0.39 is 0 Å². The molecule has 2 aromatic rings. The number of fused-ring (bicyclic) bond motifs is 1. The second kappa shape index (κ2) is 4.24. The van der Waals surface area contributed by atoms with Gasteiger partial charge in [-0.3, -0.25) is 0 Å². The van der Waals surface area contributed by atoms with Crippen molar-refractivity contribution in [3.63, 3.8) is 0 Å². The van der Waals surface area contributed by atoms with Gasteiger partial charge in [-0.05, 0) is 16.3 Å². The van der Waals surface area contributed by atoms with Crippen molar-refractivity contribution in [1.82, 2.24) is 5.32 Å². The van der Waals surface area contributed by atoms with Gasteiger partial charge in [0, 0.05) is 13.1 Å². The molecule has 1 heterocycles. The highest BCUT2D eigenvalue weighted by Gasteiger charge is 2.17. The number of nitrogens with one attached hydrogen (secondary N) is 1. The lowest BCUT2D eigenvalue weighted by Crippen LogP contribution is -2.33. The Hall–Kier alpha value is -1.38. The maximum Gasteiger partial charge on any atom is 0.0955 e.